The summed E-state index contributed by atoms with van der Waals surface area (Å²) in [7, 11) is 4.45. The van der Waals surface area contributed by atoms with Crippen LogP contribution in [0.15, 0.2) is 54.6 Å². The van der Waals surface area contributed by atoms with Crippen molar-refractivity contribution in [3.05, 3.63) is 65.7 Å². The third kappa shape index (κ3) is 23.3. The standard InChI is InChI=1S/C64H100N10O15/c1-15-40(10)55(49(88-14)34-51(77)74-32-20-24-47(74)56(78)41(11)57(79)69-46(62(84)85)33-42-21-17-16-18-22-42)72(12)61(83)53(38(6)7)71-60(82)54(39(8)9)73(13)64(87)89-35-43-25-27-44(28-26-43)67-58(80)45(23-19-31-66-63(65)86)68-59(81)52(37(4)5)70-50(76)30-29-48(75)36(2)3/h16-18,21-22,25-28,36-41,45-47,49,52-56,78H,15,19-20,23-24,29-35H2,1-14H3,(H,67,80)(H,68,81)(H,69,79)(H,70,76)(H,71,82)(H,84,85)(H3,65,66,86)/t40-,41+,45-,46-,47-,49+,52-,53-,54-,55-,56+/m0/s1. The molecule has 89 heavy (non-hydrogen) atoms. The number of ketones is 1. The molecule has 0 bridgehead atoms. The highest BCUT2D eigenvalue weighted by Gasteiger charge is 2.43. The van der Waals surface area contributed by atoms with Crippen LogP contribution < -0.4 is 37.6 Å². The third-order valence-corrected chi connectivity index (χ3v) is 16.4. The highest BCUT2D eigenvalue weighted by atomic mass is 16.6. The number of carbonyl (C=O) groups is 11. The number of aliphatic carboxylic acids is 1. The van der Waals surface area contributed by atoms with Gasteiger partial charge in [0.25, 0.3) is 0 Å². The molecule has 0 spiro atoms. The molecule has 0 unspecified atom stereocenters. The Kier molecular flexibility index (Phi) is 31.2. The predicted octanol–water partition coefficient (Wildman–Crippen LogP) is 4.52. The average Bonchev–Trinajstić information content (AvgIpc) is 4.13. The zero-order valence-corrected chi connectivity index (χ0v) is 54.5. The van der Waals surface area contributed by atoms with Crippen molar-refractivity contribution in [1.82, 2.24) is 41.3 Å². The maximum absolute atomic E-state index is 14.7. The summed E-state index contributed by atoms with van der Waals surface area (Å²) in [5.41, 5.74) is 6.77. The van der Waals surface area contributed by atoms with Gasteiger partial charge < -0.3 is 67.1 Å². The number of nitrogens with zero attached hydrogens (tertiary/aromatic N) is 3. The Bertz CT molecular complexity index is 2690. The number of methoxy groups -OCH3 is 1. The molecule has 25 heteroatoms. The van der Waals surface area contributed by atoms with E-state index in [1.807, 2.05) is 13.8 Å². The van der Waals surface area contributed by atoms with E-state index >= 15 is 0 Å². The van der Waals surface area contributed by atoms with Gasteiger partial charge in [0.05, 0.1) is 36.6 Å². The molecule has 1 saturated heterocycles. The van der Waals surface area contributed by atoms with Crippen molar-refractivity contribution >= 4 is 70.9 Å². The smallest absolute Gasteiger partial charge is 0.410 e. The van der Waals surface area contributed by atoms with E-state index < -0.39 is 126 Å². The number of aliphatic hydroxyl groups is 1. The van der Waals surface area contributed by atoms with Gasteiger partial charge in [0.15, 0.2) is 0 Å². The summed E-state index contributed by atoms with van der Waals surface area (Å²) in [5.74, 6) is -8.00. The van der Waals surface area contributed by atoms with E-state index in [-0.39, 0.29) is 81.1 Å². The summed E-state index contributed by atoms with van der Waals surface area (Å²) in [4.78, 5) is 150. The number of carbonyl (C=O) groups excluding carboxylic acids is 10. The molecule has 10 N–H and O–H groups in total. The molecular formula is C64H100N10O15. The molecule has 1 aliphatic rings. The highest BCUT2D eigenvalue weighted by molar-refractivity contribution is 5.99. The predicted molar refractivity (Wildman–Crippen MR) is 334 cm³/mol. The van der Waals surface area contributed by atoms with Gasteiger partial charge in [-0.2, -0.15) is 0 Å². The van der Waals surface area contributed by atoms with Crippen LogP contribution in [0.1, 0.15) is 139 Å². The number of carboxylic acids is 1. The van der Waals surface area contributed by atoms with Crippen molar-refractivity contribution in [2.24, 2.45) is 41.2 Å². The number of amides is 10. The Hall–Kier alpha value is -7.67. The Morgan fingerprint density at radius 3 is 1.89 bits per heavy atom. The van der Waals surface area contributed by atoms with Crippen LogP contribution in [0.5, 0.6) is 0 Å². The van der Waals surface area contributed by atoms with E-state index in [1.165, 1.54) is 30.9 Å². The molecule has 2 aromatic rings. The molecular weight excluding hydrogens is 1150 g/mol. The minimum atomic E-state index is -1.33. The number of hydrogen-bond donors (Lipinski definition) is 9. The van der Waals surface area contributed by atoms with Crippen molar-refractivity contribution in [3.8, 4) is 0 Å². The van der Waals surface area contributed by atoms with Crippen LogP contribution >= 0.6 is 0 Å². The number of benzene rings is 2. The lowest BCUT2D eigenvalue weighted by Gasteiger charge is -2.41. The number of nitrogens with one attached hydrogen (secondary N) is 6. The monoisotopic (exact) mass is 1250 g/mol. The van der Waals surface area contributed by atoms with Crippen LogP contribution in [-0.2, 0) is 65.7 Å². The van der Waals surface area contributed by atoms with Crippen molar-refractivity contribution in [2.75, 3.05) is 39.6 Å². The minimum Gasteiger partial charge on any atom is -0.480 e. The first kappa shape index (κ1) is 75.6. The lowest BCUT2D eigenvalue weighted by molar-refractivity contribution is -0.148. The minimum absolute atomic E-state index is 0.0159. The SMILES string of the molecule is CC[C@H](C)[C@@H]([C@@H](CC(=O)N1CCC[C@H]1[C@H](O)[C@@H](C)C(=O)N[C@@H](Cc1ccccc1)C(=O)O)OC)N(C)C(=O)[C@@H](NC(=O)[C@H](C(C)C)N(C)C(=O)OCc1ccc(NC(=O)[C@H](CCCNC(N)=O)NC(=O)[C@@H](NC(=O)CCC(=O)C(C)C)C(C)C)cc1)C(C)C. The zero-order chi connectivity index (χ0) is 67.0. The third-order valence-electron chi connectivity index (χ3n) is 16.4. The second-order valence-electron chi connectivity index (χ2n) is 24.6. The van der Waals surface area contributed by atoms with Gasteiger partial charge >= 0.3 is 18.1 Å². The maximum atomic E-state index is 14.7. The quantitative estimate of drug-likeness (QED) is 0.0424. The molecule has 0 saturated carbocycles. The number of hydrogen-bond acceptors (Lipinski definition) is 14. The molecule has 1 fully saturated rings. The zero-order valence-electron chi connectivity index (χ0n) is 54.5. The lowest BCUT2D eigenvalue weighted by Crippen LogP contribution is -2.60. The van der Waals surface area contributed by atoms with Gasteiger partial charge in [-0.3, -0.25) is 43.3 Å². The molecule has 496 valence electrons. The van der Waals surface area contributed by atoms with Crippen molar-refractivity contribution in [1.29, 1.82) is 0 Å². The fraction of sp³-hybridized carbons (Fsp3) is 0.641. The van der Waals surface area contributed by atoms with Crippen molar-refractivity contribution in [3.63, 3.8) is 0 Å². The number of carboxylic acid groups (broad SMARTS) is 1. The normalized spacial score (nSPS) is 16.5. The fourth-order valence-corrected chi connectivity index (χ4v) is 10.8. The number of nitrogens with two attached hydrogens (primary N) is 1. The first-order chi connectivity index (χ1) is 41.8. The first-order valence-corrected chi connectivity index (χ1v) is 30.9. The van der Waals surface area contributed by atoms with Gasteiger partial charge in [0.1, 0.15) is 42.6 Å². The van der Waals surface area contributed by atoms with E-state index in [4.69, 9.17) is 15.2 Å². The molecule has 3 rings (SSSR count). The summed E-state index contributed by atoms with van der Waals surface area (Å²) >= 11 is 0. The summed E-state index contributed by atoms with van der Waals surface area (Å²) < 4.78 is 11.7. The highest BCUT2D eigenvalue weighted by Crippen LogP contribution is 2.29. The number of Topliss-reactive ketones (excluding diaryl/α,β-unsaturated/α-hetero) is 1. The number of rotatable bonds is 36. The number of aliphatic hydroxyl groups excluding tert-OH is 1. The molecule has 1 aliphatic heterocycles. The van der Waals surface area contributed by atoms with Gasteiger partial charge in [0, 0.05) is 65.2 Å². The van der Waals surface area contributed by atoms with Crippen LogP contribution in [0.4, 0.5) is 15.3 Å². The van der Waals surface area contributed by atoms with Crippen LogP contribution in [0.2, 0.25) is 0 Å². The van der Waals surface area contributed by atoms with Gasteiger partial charge in [-0.05, 0) is 72.6 Å². The molecule has 10 amide bonds. The van der Waals surface area contributed by atoms with Gasteiger partial charge in [-0.1, -0.05) is 125 Å². The molecule has 11 atom stereocenters. The Balaban J connectivity index is 1.70. The van der Waals surface area contributed by atoms with Gasteiger partial charge in [-0.25, -0.2) is 14.4 Å². The summed E-state index contributed by atoms with van der Waals surface area (Å²) in [5, 5.41) is 37.6. The van der Waals surface area contributed by atoms with E-state index in [9.17, 15) is 63.0 Å². The summed E-state index contributed by atoms with van der Waals surface area (Å²) in [6, 6.07) is 7.38. The summed E-state index contributed by atoms with van der Waals surface area (Å²) in [6.45, 7) is 19.5. The molecule has 0 radical (unpaired) electrons. The summed E-state index contributed by atoms with van der Waals surface area (Å²) in [6.07, 6.45) is -1.42. The van der Waals surface area contributed by atoms with E-state index in [1.54, 1.807) is 117 Å². The largest absolute Gasteiger partial charge is 0.480 e. The van der Waals surface area contributed by atoms with Crippen LogP contribution in [0, 0.1) is 35.5 Å². The van der Waals surface area contributed by atoms with E-state index in [0.29, 0.717) is 42.6 Å². The second kappa shape index (κ2) is 36.7. The number of urea groups is 1. The molecule has 0 aliphatic carbocycles. The first-order valence-electron chi connectivity index (χ1n) is 30.9. The molecule has 2 aromatic carbocycles. The number of anilines is 1. The van der Waals surface area contributed by atoms with E-state index in [0.717, 1.165) is 4.90 Å². The van der Waals surface area contributed by atoms with E-state index in [2.05, 4.69) is 31.9 Å². The fourth-order valence-electron chi connectivity index (χ4n) is 10.8. The Morgan fingerprint density at radius 1 is 0.719 bits per heavy atom. The molecule has 25 nitrogen and oxygen atoms in total. The van der Waals surface area contributed by atoms with Crippen molar-refractivity contribution in [2.45, 2.75) is 195 Å². The van der Waals surface area contributed by atoms with Crippen LogP contribution in [0.3, 0.4) is 0 Å². The second-order valence-corrected chi connectivity index (χ2v) is 24.6. The molecule has 0 aromatic heterocycles. The maximum Gasteiger partial charge on any atom is 0.410 e. The Morgan fingerprint density at radius 2 is 1.34 bits per heavy atom. The number of likely N-dealkylation sites (tertiary alicyclic amines) is 1. The van der Waals surface area contributed by atoms with Crippen LogP contribution in [-0.4, -0.2) is 179 Å². The van der Waals surface area contributed by atoms with Crippen molar-refractivity contribution < 1.29 is 72.4 Å². The molecule has 1 heterocycles. The van der Waals surface area contributed by atoms with Gasteiger partial charge in [0.2, 0.25) is 41.4 Å². The average molecular weight is 1250 g/mol. The lowest BCUT2D eigenvalue weighted by atomic mass is 9.89. The number of primary amides is 1. The Labute approximate surface area is 524 Å². The van der Waals surface area contributed by atoms with Crippen LogP contribution in [0.25, 0.3) is 0 Å². The topological polar surface area (TPSA) is 355 Å². The van der Waals surface area contributed by atoms with Gasteiger partial charge in [-0.15, -0.1) is 0 Å². The number of ether oxygens (including phenoxy) is 2. The number of likely N-dealkylation sites (N-methyl/N-ethyl adjacent to an activating group) is 2.